The second kappa shape index (κ2) is 6.33. The van der Waals surface area contributed by atoms with Crippen molar-refractivity contribution in [2.75, 3.05) is 0 Å². The number of nitrogens with zero attached hydrogens (tertiary/aromatic N) is 3. The third-order valence-corrected chi connectivity index (χ3v) is 4.23. The minimum Gasteiger partial charge on any atom is -0.440 e. The molecule has 1 saturated carbocycles. The first-order chi connectivity index (χ1) is 12.3. The molecule has 0 spiro atoms. The zero-order valence-corrected chi connectivity index (χ0v) is 13.4. The molecule has 2 aromatic heterocycles. The van der Waals surface area contributed by atoms with E-state index in [0.717, 1.165) is 18.4 Å². The Balaban J connectivity index is 1.75. The first-order valence-corrected chi connectivity index (χ1v) is 8.19. The van der Waals surface area contributed by atoms with Crippen LogP contribution in [0.1, 0.15) is 46.6 Å². The van der Waals surface area contributed by atoms with Gasteiger partial charge < -0.3 is 4.42 Å². The first kappa shape index (κ1) is 15.3. The molecule has 25 heavy (non-hydrogen) atoms. The Morgan fingerprint density at radius 1 is 1.16 bits per heavy atom. The fourth-order valence-electron chi connectivity index (χ4n) is 2.78. The molecule has 0 bridgehead atoms. The third kappa shape index (κ3) is 2.94. The molecule has 0 amide bonds. The Hall–Kier alpha value is -3.26. The molecule has 0 unspecified atom stereocenters. The van der Waals surface area contributed by atoms with Gasteiger partial charge in [0.15, 0.2) is 11.6 Å². The molecule has 1 aliphatic carbocycles. The fraction of sp³-hybridized carbons (Fsp3) is 0.200. The van der Waals surface area contributed by atoms with Crippen molar-refractivity contribution >= 4 is 5.78 Å². The van der Waals surface area contributed by atoms with Crippen molar-refractivity contribution in [3.8, 4) is 17.5 Å². The van der Waals surface area contributed by atoms with Gasteiger partial charge in [-0.1, -0.05) is 24.3 Å². The van der Waals surface area contributed by atoms with E-state index in [0.29, 0.717) is 17.3 Å². The lowest BCUT2D eigenvalue weighted by atomic mass is 9.97. The van der Waals surface area contributed by atoms with Crippen molar-refractivity contribution in [1.29, 1.82) is 5.26 Å². The summed E-state index contributed by atoms with van der Waals surface area (Å²) in [4.78, 5) is 21.6. The highest BCUT2D eigenvalue weighted by molar-refractivity contribution is 6.02. The molecule has 0 radical (unpaired) electrons. The van der Waals surface area contributed by atoms with Gasteiger partial charge in [0.25, 0.3) is 0 Å². The number of carbonyl (C=O) groups excluding carboxylic acids is 1. The number of Topliss-reactive ketones (excluding diaryl/α,β-unsaturated/α-hetero) is 1. The Kier molecular flexibility index (Phi) is 3.87. The number of hydrogen-bond acceptors (Lipinski definition) is 5. The van der Waals surface area contributed by atoms with Crippen molar-refractivity contribution < 1.29 is 9.21 Å². The summed E-state index contributed by atoms with van der Waals surface area (Å²) in [6.07, 6.45) is 3.53. The normalized spacial score (nSPS) is 14.7. The Morgan fingerprint density at radius 2 is 1.92 bits per heavy atom. The van der Waals surface area contributed by atoms with Crippen LogP contribution in [-0.2, 0) is 0 Å². The Labute approximate surface area is 145 Å². The molecule has 5 nitrogen and oxygen atoms in total. The van der Waals surface area contributed by atoms with Crippen LogP contribution in [0.4, 0.5) is 0 Å². The summed E-state index contributed by atoms with van der Waals surface area (Å²) >= 11 is 0. The van der Waals surface area contributed by atoms with E-state index in [1.807, 2.05) is 30.3 Å². The molecule has 122 valence electrons. The van der Waals surface area contributed by atoms with Crippen LogP contribution >= 0.6 is 0 Å². The monoisotopic (exact) mass is 329 g/mol. The van der Waals surface area contributed by atoms with Gasteiger partial charge in [0.1, 0.15) is 5.76 Å². The van der Waals surface area contributed by atoms with Gasteiger partial charge in [-0.15, -0.1) is 0 Å². The molecule has 2 heterocycles. The quantitative estimate of drug-likeness (QED) is 0.658. The summed E-state index contributed by atoms with van der Waals surface area (Å²) in [7, 11) is 0. The van der Waals surface area contributed by atoms with Crippen LogP contribution in [0, 0.1) is 11.3 Å². The van der Waals surface area contributed by atoms with E-state index in [1.165, 1.54) is 0 Å². The molecule has 1 aliphatic rings. The van der Waals surface area contributed by atoms with Crippen molar-refractivity contribution in [2.45, 2.75) is 24.7 Å². The molecule has 5 heteroatoms. The van der Waals surface area contributed by atoms with E-state index in [2.05, 4.69) is 16.0 Å². The first-order valence-electron chi connectivity index (χ1n) is 8.19. The SMILES string of the molecule is N#C[C@@H](C(=O)c1nc(-c2ccccc2)oc1C1CC1)c1ccccn1. The zero-order chi connectivity index (χ0) is 17.2. The van der Waals surface area contributed by atoms with Gasteiger partial charge in [0.2, 0.25) is 11.7 Å². The lowest BCUT2D eigenvalue weighted by Crippen LogP contribution is -2.14. The van der Waals surface area contributed by atoms with Gasteiger partial charge in [-0.3, -0.25) is 9.78 Å². The molecular formula is C20H15N3O2. The van der Waals surface area contributed by atoms with Crippen LogP contribution < -0.4 is 0 Å². The maximum absolute atomic E-state index is 13.0. The number of aromatic nitrogens is 2. The predicted octanol–water partition coefficient (Wildman–Crippen LogP) is 4.10. The molecule has 3 aromatic rings. The number of ketones is 1. The van der Waals surface area contributed by atoms with Crippen molar-refractivity contribution in [3.63, 3.8) is 0 Å². The van der Waals surface area contributed by atoms with Crippen LogP contribution in [0.5, 0.6) is 0 Å². The minimum absolute atomic E-state index is 0.215. The van der Waals surface area contributed by atoms with Gasteiger partial charge in [-0.25, -0.2) is 4.98 Å². The summed E-state index contributed by atoms with van der Waals surface area (Å²) in [5, 5.41) is 9.51. The van der Waals surface area contributed by atoms with Crippen molar-refractivity contribution in [3.05, 3.63) is 71.9 Å². The second-order valence-electron chi connectivity index (χ2n) is 6.05. The van der Waals surface area contributed by atoms with E-state index in [-0.39, 0.29) is 17.4 Å². The smallest absolute Gasteiger partial charge is 0.226 e. The Bertz CT molecular complexity index is 938. The highest BCUT2D eigenvalue weighted by Crippen LogP contribution is 2.44. The van der Waals surface area contributed by atoms with E-state index >= 15 is 0 Å². The lowest BCUT2D eigenvalue weighted by molar-refractivity contribution is 0.0971. The number of pyridine rings is 1. The predicted molar refractivity (Wildman–Crippen MR) is 90.8 cm³/mol. The van der Waals surface area contributed by atoms with Crippen LogP contribution in [-0.4, -0.2) is 15.8 Å². The number of oxazole rings is 1. The van der Waals surface area contributed by atoms with Gasteiger partial charge in [0.05, 0.1) is 11.8 Å². The van der Waals surface area contributed by atoms with Crippen LogP contribution in [0.15, 0.2) is 59.1 Å². The van der Waals surface area contributed by atoms with Crippen molar-refractivity contribution in [2.24, 2.45) is 0 Å². The van der Waals surface area contributed by atoms with Crippen LogP contribution in [0.3, 0.4) is 0 Å². The van der Waals surface area contributed by atoms with E-state index in [1.54, 1.807) is 24.4 Å². The third-order valence-electron chi connectivity index (χ3n) is 4.23. The average Bonchev–Trinajstić information content (AvgIpc) is 3.42. The van der Waals surface area contributed by atoms with E-state index in [4.69, 9.17) is 4.42 Å². The highest BCUT2D eigenvalue weighted by atomic mass is 16.4. The topological polar surface area (TPSA) is 79.8 Å². The number of nitriles is 1. The largest absolute Gasteiger partial charge is 0.440 e. The molecule has 0 aliphatic heterocycles. The van der Waals surface area contributed by atoms with Gasteiger partial charge in [-0.2, -0.15) is 5.26 Å². The van der Waals surface area contributed by atoms with Gasteiger partial charge in [0, 0.05) is 17.7 Å². The zero-order valence-electron chi connectivity index (χ0n) is 13.4. The average molecular weight is 329 g/mol. The number of carbonyl (C=O) groups is 1. The molecule has 4 rings (SSSR count). The van der Waals surface area contributed by atoms with Gasteiger partial charge in [-0.05, 0) is 37.1 Å². The number of benzene rings is 1. The standard InChI is InChI=1S/C20H15N3O2/c21-12-15(16-8-4-5-11-22-16)18(24)17-19(13-9-10-13)25-20(23-17)14-6-2-1-3-7-14/h1-8,11,13,15H,9-10H2/t15-/m1/s1. The molecule has 0 N–H and O–H groups in total. The fourth-order valence-corrected chi connectivity index (χ4v) is 2.78. The number of hydrogen-bond donors (Lipinski definition) is 0. The van der Waals surface area contributed by atoms with Crippen LogP contribution in [0.2, 0.25) is 0 Å². The molecule has 1 aromatic carbocycles. The van der Waals surface area contributed by atoms with E-state index < -0.39 is 5.92 Å². The lowest BCUT2D eigenvalue weighted by Gasteiger charge is -2.06. The summed E-state index contributed by atoms with van der Waals surface area (Å²) < 4.78 is 5.91. The summed E-state index contributed by atoms with van der Waals surface area (Å²) in [6.45, 7) is 0. The minimum atomic E-state index is -0.979. The molecule has 0 saturated heterocycles. The molecule has 1 atom stereocenters. The summed E-state index contributed by atoms with van der Waals surface area (Å²) in [6, 6.07) is 16.7. The van der Waals surface area contributed by atoms with E-state index in [9.17, 15) is 10.1 Å². The summed E-state index contributed by atoms with van der Waals surface area (Å²) in [5.41, 5.74) is 1.51. The second-order valence-corrected chi connectivity index (χ2v) is 6.05. The summed E-state index contributed by atoms with van der Waals surface area (Å²) in [5.74, 6) is -0.1000. The maximum atomic E-state index is 13.0. The molecular weight excluding hydrogens is 314 g/mol. The highest BCUT2D eigenvalue weighted by Gasteiger charge is 2.37. The van der Waals surface area contributed by atoms with Gasteiger partial charge >= 0.3 is 0 Å². The Morgan fingerprint density at radius 3 is 2.56 bits per heavy atom. The van der Waals surface area contributed by atoms with Crippen LogP contribution in [0.25, 0.3) is 11.5 Å². The molecule has 1 fully saturated rings. The van der Waals surface area contributed by atoms with Crippen molar-refractivity contribution in [1.82, 2.24) is 9.97 Å². The maximum Gasteiger partial charge on any atom is 0.226 e. The number of rotatable bonds is 5.